The molecule has 1 atom stereocenters. The van der Waals surface area contributed by atoms with Gasteiger partial charge in [0.1, 0.15) is 0 Å². The molecule has 1 aromatic carbocycles. The molecule has 1 aliphatic rings. The highest BCUT2D eigenvalue weighted by Gasteiger charge is 2.23. The summed E-state index contributed by atoms with van der Waals surface area (Å²) in [6.07, 6.45) is 8.23. The smallest absolute Gasteiger partial charge is 0.246 e. The third kappa shape index (κ3) is 3.22. The summed E-state index contributed by atoms with van der Waals surface area (Å²) in [6, 6.07) is 10.4. The number of piperidine rings is 1. The molecular formula is C16H21NO. The van der Waals surface area contributed by atoms with E-state index in [-0.39, 0.29) is 5.91 Å². The molecule has 18 heavy (non-hydrogen) atoms. The van der Waals surface area contributed by atoms with Gasteiger partial charge in [-0.15, -0.1) is 0 Å². The van der Waals surface area contributed by atoms with Gasteiger partial charge in [-0.1, -0.05) is 37.3 Å². The zero-order valence-electron chi connectivity index (χ0n) is 11.0. The van der Waals surface area contributed by atoms with Gasteiger partial charge in [0.2, 0.25) is 5.91 Å². The summed E-state index contributed by atoms with van der Waals surface area (Å²) in [5, 5.41) is 0. The Kier molecular flexibility index (Phi) is 4.57. The number of benzene rings is 1. The van der Waals surface area contributed by atoms with Gasteiger partial charge in [-0.3, -0.25) is 4.79 Å². The van der Waals surface area contributed by atoms with Crippen molar-refractivity contribution in [2.24, 2.45) is 0 Å². The topological polar surface area (TPSA) is 20.3 Å². The van der Waals surface area contributed by atoms with E-state index in [1.165, 1.54) is 6.42 Å². The first-order chi connectivity index (χ1) is 8.81. The van der Waals surface area contributed by atoms with Crippen molar-refractivity contribution in [2.45, 2.75) is 38.6 Å². The van der Waals surface area contributed by atoms with Crippen LogP contribution in [0.3, 0.4) is 0 Å². The second-order valence-electron chi connectivity index (χ2n) is 4.83. The molecule has 0 aromatic heterocycles. The van der Waals surface area contributed by atoms with E-state index in [0.717, 1.165) is 31.4 Å². The molecule has 96 valence electrons. The Morgan fingerprint density at radius 3 is 2.83 bits per heavy atom. The molecule has 0 N–H and O–H groups in total. The summed E-state index contributed by atoms with van der Waals surface area (Å²) in [6.45, 7) is 3.08. The molecule has 0 unspecified atom stereocenters. The number of carbonyl (C=O) groups is 1. The van der Waals surface area contributed by atoms with Gasteiger partial charge in [0, 0.05) is 18.7 Å². The van der Waals surface area contributed by atoms with Gasteiger partial charge in [-0.25, -0.2) is 0 Å². The van der Waals surface area contributed by atoms with Gasteiger partial charge in [0.25, 0.3) is 0 Å². The van der Waals surface area contributed by atoms with Crippen molar-refractivity contribution < 1.29 is 4.79 Å². The molecule has 1 aliphatic heterocycles. The molecule has 2 rings (SSSR count). The van der Waals surface area contributed by atoms with Gasteiger partial charge < -0.3 is 4.90 Å². The first-order valence-corrected chi connectivity index (χ1v) is 6.85. The van der Waals surface area contributed by atoms with Crippen LogP contribution in [-0.2, 0) is 4.79 Å². The standard InChI is InChI=1S/C16H21NO/c1-2-15-10-6-7-13-17(15)16(18)12-11-14-8-4-3-5-9-14/h3-5,8-9,11-12,15H,2,6-7,10,13H2,1H3/b12-11+/t15-/m1/s1. The summed E-state index contributed by atoms with van der Waals surface area (Å²) in [5.74, 6) is 0.158. The van der Waals surface area contributed by atoms with Crippen LogP contribution in [0, 0.1) is 0 Å². The molecular weight excluding hydrogens is 222 g/mol. The van der Waals surface area contributed by atoms with Crippen molar-refractivity contribution in [1.82, 2.24) is 4.90 Å². The van der Waals surface area contributed by atoms with E-state index in [1.807, 2.05) is 41.3 Å². The van der Waals surface area contributed by atoms with E-state index in [1.54, 1.807) is 6.08 Å². The summed E-state index contributed by atoms with van der Waals surface area (Å²) >= 11 is 0. The predicted molar refractivity (Wildman–Crippen MR) is 75.1 cm³/mol. The molecule has 1 fully saturated rings. The van der Waals surface area contributed by atoms with E-state index in [9.17, 15) is 4.79 Å². The van der Waals surface area contributed by atoms with Crippen molar-refractivity contribution in [3.63, 3.8) is 0 Å². The molecule has 0 bridgehead atoms. The lowest BCUT2D eigenvalue weighted by atomic mass is 10.00. The molecule has 0 spiro atoms. The Balaban J connectivity index is 2.00. The number of nitrogens with zero attached hydrogens (tertiary/aromatic N) is 1. The second-order valence-corrected chi connectivity index (χ2v) is 4.83. The molecule has 1 heterocycles. The fraction of sp³-hybridized carbons (Fsp3) is 0.438. The minimum absolute atomic E-state index is 0.158. The average Bonchev–Trinajstić information content (AvgIpc) is 2.45. The minimum Gasteiger partial charge on any atom is -0.336 e. The zero-order valence-corrected chi connectivity index (χ0v) is 11.0. The Morgan fingerprint density at radius 2 is 2.11 bits per heavy atom. The van der Waals surface area contributed by atoms with Crippen LogP contribution >= 0.6 is 0 Å². The van der Waals surface area contributed by atoms with Crippen LogP contribution in [0.2, 0.25) is 0 Å². The maximum atomic E-state index is 12.2. The van der Waals surface area contributed by atoms with Gasteiger partial charge in [-0.2, -0.15) is 0 Å². The van der Waals surface area contributed by atoms with Gasteiger partial charge in [-0.05, 0) is 37.3 Å². The van der Waals surface area contributed by atoms with Crippen LogP contribution in [0.1, 0.15) is 38.2 Å². The summed E-state index contributed by atoms with van der Waals surface area (Å²) in [5.41, 5.74) is 1.08. The Morgan fingerprint density at radius 1 is 1.33 bits per heavy atom. The SMILES string of the molecule is CC[C@@H]1CCCCN1C(=O)/C=C/c1ccccc1. The summed E-state index contributed by atoms with van der Waals surface area (Å²) < 4.78 is 0. The number of carbonyl (C=O) groups excluding carboxylic acids is 1. The van der Waals surface area contributed by atoms with E-state index in [2.05, 4.69) is 6.92 Å². The van der Waals surface area contributed by atoms with Crippen LogP contribution in [0.5, 0.6) is 0 Å². The van der Waals surface area contributed by atoms with E-state index >= 15 is 0 Å². The molecule has 1 aromatic rings. The summed E-state index contributed by atoms with van der Waals surface area (Å²) in [4.78, 5) is 14.2. The summed E-state index contributed by atoms with van der Waals surface area (Å²) in [7, 11) is 0. The van der Waals surface area contributed by atoms with E-state index in [4.69, 9.17) is 0 Å². The highest BCUT2D eigenvalue weighted by Crippen LogP contribution is 2.19. The molecule has 0 aliphatic carbocycles. The molecule has 2 nitrogen and oxygen atoms in total. The van der Waals surface area contributed by atoms with Crippen LogP contribution in [-0.4, -0.2) is 23.4 Å². The minimum atomic E-state index is 0.158. The number of rotatable bonds is 3. The molecule has 0 radical (unpaired) electrons. The zero-order chi connectivity index (χ0) is 12.8. The third-order valence-corrected chi connectivity index (χ3v) is 3.60. The first-order valence-electron chi connectivity index (χ1n) is 6.85. The van der Waals surface area contributed by atoms with Crippen LogP contribution in [0.4, 0.5) is 0 Å². The number of amides is 1. The fourth-order valence-corrected chi connectivity index (χ4v) is 2.54. The fourth-order valence-electron chi connectivity index (χ4n) is 2.54. The van der Waals surface area contributed by atoms with Crippen molar-refractivity contribution >= 4 is 12.0 Å². The Labute approximate surface area is 109 Å². The van der Waals surface area contributed by atoms with Gasteiger partial charge in [0.05, 0.1) is 0 Å². The second kappa shape index (κ2) is 6.39. The van der Waals surface area contributed by atoms with E-state index in [0.29, 0.717) is 6.04 Å². The lowest BCUT2D eigenvalue weighted by Crippen LogP contribution is -2.42. The monoisotopic (exact) mass is 243 g/mol. The number of hydrogen-bond donors (Lipinski definition) is 0. The van der Waals surface area contributed by atoms with Crippen LogP contribution < -0.4 is 0 Å². The number of likely N-dealkylation sites (tertiary alicyclic amines) is 1. The maximum Gasteiger partial charge on any atom is 0.246 e. The lowest BCUT2D eigenvalue weighted by Gasteiger charge is -2.34. The highest BCUT2D eigenvalue weighted by atomic mass is 16.2. The van der Waals surface area contributed by atoms with Crippen molar-refractivity contribution in [3.8, 4) is 0 Å². The molecule has 2 heteroatoms. The van der Waals surface area contributed by atoms with Crippen LogP contribution in [0.15, 0.2) is 36.4 Å². The molecule has 1 saturated heterocycles. The van der Waals surface area contributed by atoms with Gasteiger partial charge in [0.15, 0.2) is 0 Å². The predicted octanol–water partition coefficient (Wildman–Crippen LogP) is 3.49. The Hall–Kier alpha value is -1.57. The van der Waals surface area contributed by atoms with E-state index < -0.39 is 0 Å². The lowest BCUT2D eigenvalue weighted by molar-refractivity contribution is -0.129. The maximum absolute atomic E-state index is 12.2. The molecule has 0 saturated carbocycles. The normalized spacial score (nSPS) is 20.3. The highest BCUT2D eigenvalue weighted by molar-refractivity contribution is 5.92. The van der Waals surface area contributed by atoms with Crippen molar-refractivity contribution in [2.75, 3.05) is 6.54 Å². The van der Waals surface area contributed by atoms with Crippen LogP contribution in [0.25, 0.3) is 6.08 Å². The first kappa shape index (κ1) is 12.9. The van der Waals surface area contributed by atoms with Gasteiger partial charge >= 0.3 is 0 Å². The molecule has 1 amide bonds. The number of hydrogen-bond acceptors (Lipinski definition) is 1. The quantitative estimate of drug-likeness (QED) is 0.744. The van der Waals surface area contributed by atoms with Crippen molar-refractivity contribution in [3.05, 3.63) is 42.0 Å². The average molecular weight is 243 g/mol. The largest absolute Gasteiger partial charge is 0.336 e. The van der Waals surface area contributed by atoms with Crippen molar-refractivity contribution in [1.29, 1.82) is 0 Å². The third-order valence-electron chi connectivity index (χ3n) is 3.60. The Bertz CT molecular complexity index is 410.